The summed E-state index contributed by atoms with van der Waals surface area (Å²) in [4.78, 5) is 11.9. The molecule has 0 unspecified atom stereocenters. The summed E-state index contributed by atoms with van der Waals surface area (Å²) in [5.41, 5.74) is 16.2. The molecule has 354 valence electrons. The molecule has 6 heteroatoms. The fourth-order valence-electron chi connectivity index (χ4n) is 12.4. The molecule has 0 aliphatic rings. The van der Waals surface area contributed by atoms with E-state index in [0.717, 1.165) is 144 Å². The van der Waals surface area contributed by atoms with Gasteiger partial charge in [-0.1, -0.05) is 206 Å². The zero-order valence-corrected chi connectivity index (χ0v) is 41.1. The lowest BCUT2D eigenvalue weighted by atomic mass is 9.97. The molecule has 0 atom stereocenters. The van der Waals surface area contributed by atoms with Crippen molar-refractivity contribution in [3.05, 3.63) is 267 Å². The van der Waals surface area contributed by atoms with Gasteiger partial charge in [-0.2, -0.15) is 0 Å². The van der Waals surface area contributed by atoms with Crippen LogP contribution in [0.15, 0.2) is 267 Å². The lowest BCUT2D eigenvalue weighted by Gasteiger charge is -2.27. The molecular formula is C70H44N6. The molecule has 0 aliphatic heterocycles. The number of hydrogen-bond donors (Lipinski definition) is 0. The summed E-state index contributed by atoms with van der Waals surface area (Å²) in [6.45, 7) is 0. The molecule has 0 amide bonds. The van der Waals surface area contributed by atoms with Crippen molar-refractivity contribution in [2.24, 2.45) is 0 Å². The Labute approximate surface area is 436 Å². The van der Waals surface area contributed by atoms with Gasteiger partial charge in [0.25, 0.3) is 0 Å². The van der Waals surface area contributed by atoms with Crippen molar-refractivity contribution in [2.75, 3.05) is 0 Å². The molecule has 0 saturated heterocycles. The number of fused-ring (bicyclic) bond motifs is 12. The normalized spacial score (nSPS) is 11.9. The Hall–Kier alpha value is -10.3. The highest BCUT2D eigenvalue weighted by atomic mass is 15.2. The molecule has 0 spiro atoms. The lowest BCUT2D eigenvalue weighted by Crippen LogP contribution is -2.16. The Kier molecular flexibility index (Phi) is 9.23. The van der Waals surface area contributed by atoms with Crippen molar-refractivity contribution in [1.82, 2.24) is 28.2 Å². The topological polar surface area (TPSA) is 45.5 Å². The second-order valence-electron chi connectivity index (χ2n) is 19.7. The third-order valence-electron chi connectivity index (χ3n) is 15.6. The first-order valence-corrected chi connectivity index (χ1v) is 25.9. The van der Waals surface area contributed by atoms with E-state index in [4.69, 9.17) is 9.97 Å². The molecule has 16 rings (SSSR count). The average Bonchev–Trinajstić information content (AvgIpc) is 4.32. The molecule has 0 fully saturated rings. The quantitative estimate of drug-likeness (QED) is 0.160. The van der Waals surface area contributed by atoms with E-state index in [1.54, 1.807) is 0 Å². The lowest BCUT2D eigenvalue weighted by molar-refractivity contribution is 0.965. The predicted molar refractivity (Wildman–Crippen MR) is 316 cm³/mol. The highest BCUT2D eigenvalue weighted by Gasteiger charge is 2.33. The molecular weight excluding hydrogens is 925 g/mol. The van der Waals surface area contributed by atoms with Gasteiger partial charge in [-0.3, -0.25) is 9.13 Å². The minimum atomic E-state index is 0.792. The second-order valence-corrected chi connectivity index (χ2v) is 19.7. The highest BCUT2D eigenvalue weighted by Crippen LogP contribution is 2.49. The number of pyridine rings is 2. The largest absolute Gasteiger partial charge is 0.306 e. The Bertz CT molecular complexity index is 4720. The van der Waals surface area contributed by atoms with E-state index >= 15 is 0 Å². The van der Waals surface area contributed by atoms with Crippen molar-refractivity contribution in [3.8, 4) is 56.7 Å². The molecule has 0 N–H and O–H groups in total. The summed E-state index contributed by atoms with van der Waals surface area (Å²) in [6.07, 6.45) is 0. The summed E-state index contributed by atoms with van der Waals surface area (Å²) >= 11 is 0. The first kappa shape index (κ1) is 42.2. The van der Waals surface area contributed by atoms with Crippen LogP contribution in [0.25, 0.3) is 144 Å². The number of para-hydroxylation sites is 8. The molecule has 0 aliphatic carbocycles. The fraction of sp³-hybridized carbons (Fsp3) is 0. The van der Waals surface area contributed by atoms with Gasteiger partial charge in [-0.05, 0) is 66.2 Å². The summed E-state index contributed by atoms with van der Waals surface area (Å²) in [7, 11) is 0. The van der Waals surface area contributed by atoms with E-state index < -0.39 is 0 Å². The molecule has 6 heterocycles. The molecule has 6 aromatic heterocycles. The first-order valence-electron chi connectivity index (χ1n) is 25.9. The zero-order valence-electron chi connectivity index (χ0n) is 41.1. The first-order chi connectivity index (χ1) is 37.8. The van der Waals surface area contributed by atoms with Crippen molar-refractivity contribution in [3.63, 3.8) is 0 Å². The molecule has 0 radical (unpaired) electrons. The van der Waals surface area contributed by atoms with Crippen molar-refractivity contribution >= 4 is 87.2 Å². The molecule has 16 aromatic rings. The van der Waals surface area contributed by atoms with Gasteiger partial charge in [0, 0.05) is 54.2 Å². The van der Waals surface area contributed by atoms with Crippen molar-refractivity contribution in [2.45, 2.75) is 0 Å². The Morgan fingerprint density at radius 3 is 0.803 bits per heavy atom. The van der Waals surface area contributed by atoms with Crippen LogP contribution >= 0.6 is 0 Å². The van der Waals surface area contributed by atoms with E-state index in [1.165, 1.54) is 0 Å². The van der Waals surface area contributed by atoms with E-state index in [9.17, 15) is 0 Å². The minimum Gasteiger partial charge on any atom is -0.306 e. The van der Waals surface area contributed by atoms with E-state index in [2.05, 4.69) is 285 Å². The molecule has 0 saturated carbocycles. The maximum atomic E-state index is 6.41. The third kappa shape index (κ3) is 6.16. The van der Waals surface area contributed by atoms with Gasteiger partial charge in [-0.15, -0.1) is 0 Å². The summed E-state index contributed by atoms with van der Waals surface area (Å²) in [5, 5.41) is 9.26. The number of nitrogens with zero attached hydrogens (tertiary/aromatic N) is 6. The van der Waals surface area contributed by atoms with Crippen LogP contribution in [0.5, 0.6) is 0 Å². The van der Waals surface area contributed by atoms with Crippen LogP contribution in [0.2, 0.25) is 0 Å². The zero-order chi connectivity index (χ0) is 49.8. The number of benzene rings is 10. The standard InChI is InChI=1S/C70H44N6/c1-3-23-45(24-4-1)56-43-47(44-57(71-56)46-25-5-2-6-26-46)66-67(73-58-35-15-7-27-48(58)49-28-8-16-36-59(49)73)68(74-60-37-17-9-29-50(60)51-30-10-18-38-61(51)74)70(76-64-41-21-13-33-54(64)55-34-14-22-42-65(55)76)72-69(66)75-62-39-19-11-31-52(62)53-32-12-20-40-63(53)75/h1-44H. The van der Waals surface area contributed by atoms with Crippen molar-refractivity contribution < 1.29 is 0 Å². The molecule has 10 aromatic carbocycles. The van der Waals surface area contributed by atoms with Crippen LogP contribution in [0.3, 0.4) is 0 Å². The Balaban J connectivity index is 1.24. The van der Waals surface area contributed by atoms with Gasteiger partial charge in [-0.25, -0.2) is 9.97 Å². The fourth-order valence-corrected chi connectivity index (χ4v) is 12.4. The summed E-state index contributed by atoms with van der Waals surface area (Å²) in [6, 6.07) is 96.5. The Morgan fingerprint density at radius 2 is 0.474 bits per heavy atom. The maximum Gasteiger partial charge on any atom is 0.166 e. The van der Waals surface area contributed by atoms with E-state index in [0.29, 0.717) is 0 Å². The SMILES string of the molecule is c1ccc(-c2cc(-c3c(-n4c5ccccc5c5ccccc54)nc(-n4c5ccccc5c5ccccc54)c(-n4c5ccccc5c5ccccc54)c3-n3c4ccccc4c4ccccc43)cc(-c3ccccc3)n2)cc1. The number of aromatic nitrogens is 6. The van der Waals surface area contributed by atoms with Gasteiger partial charge >= 0.3 is 0 Å². The average molecular weight is 969 g/mol. The second kappa shape index (κ2) is 16.6. The summed E-state index contributed by atoms with van der Waals surface area (Å²) in [5.74, 6) is 1.59. The third-order valence-corrected chi connectivity index (χ3v) is 15.6. The predicted octanol–water partition coefficient (Wildman–Crippen LogP) is 17.9. The monoisotopic (exact) mass is 968 g/mol. The van der Waals surface area contributed by atoms with Gasteiger partial charge in [0.05, 0.1) is 66.8 Å². The van der Waals surface area contributed by atoms with E-state index in [-0.39, 0.29) is 0 Å². The summed E-state index contributed by atoms with van der Waals surface area (Å²) < 4.78 is 9.90. The van der Waals surface area contributed by atoms with Gasteiger partial charge in [0.1, 0.15) is 11.5 Å². The Morgan fingerprint density at radius 1 is 0.211 bits per heavy atom. The van der Waals surface area contributed by atoms with Gasteiger partial charge in [0.2, 0.25) is 0 Å². The van der Waals surface area contributed by atoms with Crippen molar-refractivity contribution in [1.29, 1.82) is 0 Å². The smallest absolute Gasteiger partial charge is 0.166 e. The molecule has 0 bridgehead atoms. The minimum absolute atomic E-state index is 0.792. The number of rotatable bonds is 7. The van der Waals surface area contributed by atoms with Crippen LogP contribution in [-0.2, 0) is 0 Å². The van der Waals surface area contributed by atoms with E-state index in [1.807, 2.05) is 0 Å². The van der Waals surface area contributed by atoms with Crippen LogP contribution in [0.4, 0.5) is 0 Å². The molecule has 6 nitrogen and oxygen atoms in total. The highest BCUT2D eigenvalue weighted by molar-refractivity contribution is 6.16. The van der Waals surface area contributed by atoms with Gasteiger partial charge in [0.15, 0.2) is 5.82 Å². The van der Waals surface area contributed by atoms with Crippen LogP contribution in [-0.4, -0.2) is 28.2 Å². The maximum absolute atomic E-state index is 6.41. The molecule has 76 heavy (non-hydrogen) atoms. The van der Waals surface area contributed by atoms with Crippen LogP contribution in [0, 0.1) is 0 Å². The van der Waals surface area contributed by atoms with Crippen LogP contribution < -0.4 is 0 Å². The van der Waals surface area contributed by atoms with Crippen LogP contribution in [0.1, 0.15) is 0 Å². The number of hydrogen-bond acceptors (Lipinski definition) is 2. The van der Waals surface area contributed by atoms with Gasteiger partial charge < -0.3 is 9.13 Å².